The SMILES string of the molecule is CC(=O)NC(Cc1cccc(C)c1)C(=O)NC1CCN(C(=O)c2ccncc2)CC1. The van der Waals surface area contributed by atoms with E-state index >= 15 is 0 Å². The van der Waals surface area contributed by atoms with Crippen LogP contribution in [0.4, 0.5) is 0 Å². The van der Waals surface area contributed by atoms with E-state index in [0.29, 0.717) is 37.9 Å². The van der Waals surface area contributed by atoms with Crippen molar-refractivity contribution < 1.29 is 14.4 Å². The molecule has 0 spiro atoms. The van der Waals surface area contributed by atoms with E-state index in [1.807, 2.05) is 31.2 Å². The molecule has 0 aliphatic carbocycles. The van der Waals surface area contributed by atoms with E-state index in [0.717, 1.165) is 11.1 Å². The van der Waals surface area contributed by atoms with Gasteiger partial charge in [0.2, 0.25) is 11.8 Å². The van der Waals surface area contributed by atoms with Gasteiger partial charge < -0.3 is 15.5 Å². The van der Waals surface area contributed by atoms with Crippen LogP contribution in [-0.4, -0.2) is 52.8 Å². The molecule has 3 amide bonds. The summed E-state index contributed by atoms with van der Waals surface area (Å²) in [6.07, 6.45) is 5.01. The van der Waals surface area contributed by atoms with E-state index in [1.54, 1.807) is 29.4 Å². The largest absolute Gasteiger partial charge is 0.351 e. The van der Waals surface area contributed by atoms with Crippen LogP contribution in [0.1, 0.15) is 41.3 Å². The standard InChI is InChI=1S/C23H28N4O3/c1-16-4-3-5-18(14-16)15-21(25-17(2)28)22(29)26-20-8-12-27(13-9-20)23(30)19-6-10-24-11-7-19/h3-7,10-11,14,20-21H,8-9,12-13,15H2,1-2H3,(H,25,28)(H,26,29). The van der Waals surface area contributed by atoms with Crippen LogP contribution in [0.2, 0.25) is 0 Å². The minimum absolute atomic E-state index is 0.0160. The van der Waals surface area contributed by atoms with Gasteiger partial charge in [-0.25, -0.2) is 0 Å². The number of carbonyl (C=O) groups is 3. The zero-order chi connectivity index (χ0) is 21.5. The third kappa shape index (κ3) is 5.89. The third-order valence-corrected chi connectivity index (χ3v) is 5.27. The average Bonchev–Trinajstić information content (AvgIpc) is 2.73. The Morgan fingerprint density at radius 1 is 1.13 bits per heavy atom. The highest BCUT2D eigenvalue weighted by molar-refractivity contribution is 5.94. The molecule has 0 bridgehead atoms. The lowest BCUT2D eigenvalue weighted by atomic mass is 10.0. The predicted octanol–water partition coefficient (Wildman–Crippen LogP) is 1.86. The van der Waals surface area contributed by atoms with Gasteiger partial charge in [0.15, 0.2) is 0 Å². The monoisotopic (exact) mass is 408 g/mol. The number of carbonyl (C=O) groups excluding carboxylic acids is 3. The van der Waals surface area contributed by atoms with Crippen molar-refractivity contribution in [3.63, 3.8) is 0 Å². The summed E-state index contributed by atoms with van der Waals surface area (Å²) in [4.78, 5) is 42.8. The highest BCUT2D eigenvalue weighted by atomic mass is 16.2. The molecule has 3 rings (SSSR count). The fraction of sp³-hybridized carbons (Fsp3) is 0.391. The molecule has 1 aromatic heterocycles. The summed E-state index contributed by atoms with van der Waals surface area (Å²) in [6.45, 7) is 4.57. The first-order valence-electron chi connectivity index (χ1n) is 10.2. The Balaban J connectivity index is 1.56. The molecule has 2 heterocycles. The van der Waals surface area contributed by atoms with Crippen LogP contribution in [0.5, 0.6) is 0 Å². The number of amides is 3. The fourth-order valence-electron chi connectivity index (χ4n) is 3.74. The van der Waals surface area contributed by atoms with Gasteiger partial charge in [0.05, 0.1) is 0 Å². The smallest absolute Gasteiger partial charge is 0.253 e. The zero-order valence-electron chi connectivity index (χ0n) is 17.4. The molecule has 158 valence electrons. The number of rotatable bonds is 6. The fourth-order valence-corrected chi connectivity index (χ4v) is 3.74. The number of benzene rings is 1. The number of aryl methyl sites for hydroxylation is 1. The van der Waals surface area contributed by atoms with Crippen LogP contribution in [0, 0.1) is 6.92 Å². The molecule has 2 N–H and O–H groups in total. The molecule has 1 unspecified atom stereocenters. The number of nitrogens with one attached hydrogen (secondary N) is 2. The zero-order valence-corrected chi connectivity index (χ0v) is 17.4. The van der Waals surface area contributed by atoms with Crippen LogP contribution in [-0.2, 0) is 16.0 Å². The summed E-state index contributed by atoms with van der Waals surface area (Å²) in [5.74, 6) is -0.441. The first-order chi connectivity index (χ1) is 14.4. The van der Waals surface area contributed by atoms with Crippen molar-refractivity contribution in [1.29, 1.82) is 0 Å². The third-order valence-electron chi connectivity index (χ3n) is 5.27. The molecule has 7 heteroatoms. The van der Waals surface area contributed by atoms with E-state index in [1.165, 1.54) is 6.92 Å². The van der Waals surface area contributed by atoms with Crippen LogP contribution < -0.4 is 10.6 Å². The van der Waals surface area contributed by atoms with Crippen molar-refractivity contribution in [2.75, 3.05) is 13.1 Å². The number of nitrogens with zero attached hydrogens (tertiary/aromatic N) is 2. The Hall–Kier alpha value is -3.22. The number of likely N-dealkylation sites (tertiary alicyclic amines) is 1. The van der Waals surface area contributed by atoms with Gasteiger partial charge in [-0.2, -0.15) is 0 Å². The maximum Gasteiger partial charge on any atom is 0.253 e. The summed E-state index contributed by atoms with van der Waals surface area (Å²) in [7, 11) is 0. The van der Waals surface area contributed by atoms with E-state index < -0.39 is 6.04 Å². The molecule has 7 nitrogen and oxygen atoms in total. The van der Waals surface area contributed by atoms with E-state index in [9.17, 15) is 14.4 Å². The number of pyridine rings is 1. The molecule has 0 saturated carbocycles. The Morgan fingerprint density at radius 2 is 1.83 bits per heavy atom. The predicted molar refractivity (Wildman–Crippen MR) is 114 cm³/mol. The van der Waals surface area contributed by atoms with Gasteiger partial charge in [0.25, 0.3) is 5.91 Å². The minimum Gasteiger partial charge on any atom is -0.351 e. The average molecular weight is 409 g/mol. The summed E-state index contributed by atoms with van der Waals surface area (Å²) >= 11 is 0. The summed E-state index contributed by atoms with van der Waals surface area (Å²) in [5.41, 5.74) is 2.73. The van der Waals surface area contributed by atoms with Gasteiger partial charge >= 0.3 is 0 Å². The Morgan fingerprint density at radius 3 is 2.47 bits per heavy atom. The molecule has 1 aliphatic rings. The first-order valence-corrected chi connectivity index (χ1v) is 10.2. The number of piperidine rings is 1. The quantitative estimate of drug-likeness (QED) is 0.763. The Kier molecular flexibility index (Phi) is 7.17. The highest BCUT2D eigenvalue weighted by Gasteiger charge is 2.27. The van der Waals surface area contributed by atoms with E-state index in [4.69, 9.17) is 0 Å². The number of aromatic nitrogens is 1. The second kappa shape index (κ2) is 10.0. The normalized spacial score (nSPS) is 15.3. The molecular formula is C23H28N4O3. The van der Waals surface area contributed by atoms with Crippen LogP contribution in [0.15, 0.2) is 48.8 Å². The molecule has 1 aliphatic heterocycles. The summed E-state index contributed by atoms with van der Waals surface area (Å²) in [6, 6.07) is 10.7. The van der Waals surface area contributed by atoms with Gasteiger partial charge in [0, 0.05) is 50.4 Å². The van der Waals surface area contributed by atoms with Gasteiger partial charge in [-0.05, 0) is 37.5 Å². The number of hydrogen-bond acceptors (Lipinski definition) is 4. The molecule has 1 saturated heterocycles. The Bertz CT molecular complexity index is 892. The van der Waals surface area contributed by atoms with Gasteiger partial charge in [-0.3, -0.25) is 19.4 Å². The van der Waals surface area contributed by atoms with Crippen molar-refractivity contribution >= 4 is 17.7 Å². The van der Waals surface area contributed by atoms with E-state index in [2.05, 4.69) is 15.6 Å². The van der Waals surface area contributed by atoms with Crippen LogP contribution >= 0.6 is 0 Å². The lowest BCUT2D eigenvalue weighted by Crippen LogP contribution is -2.53. The van der Waals surface area contributed by atoms with Crippen molar-refractivity contribution in [2.24, 2.45) is 0 Å². The summed E-state index contributed by atoms with van der Waals surface area (Å²) < 4.78 is 0. The second-order valence-corrected chi connectivity index (χ2v) is 7.76. The maximum atomic E-state index is 12.9. The lowest BCUT2D eigenvalue weighted by Gasteiger charge is -2.33. The molecule has 0 radical (unpaired) electrons. The van der Waals surface area contributed by atoms with Gasteiger partial charge in [-0.15, -0.1) is 0 Å². The van der Waals surface area contributed by atoms with E-state index in [-0.39, 0.29) is 23.8 Å². The maximum absolute atomic E-state index is 12.9. The van der Waals surface area contributed by atoms with Crippen molar-refractivity contribution in [3.8, 4) is 0 Å². The first kappa shape index (κ1) is 21.5. The molecule has 1 aromatic carbocycles. The number of hydrogen-bond donors (Lipinski definition) is 2. The van der Waals surface area contributed by atoms with Crippen molar-refractivity contribution in [1.82, 2.24) is 20.5 Å². The van der Waals surface area contributed by atoms with Crippen LogP contribution in [0.25, 0.3) is 0 Å². The minimum atomic E-state index is -0.624. The molecule has 2 aromatic rings. The van der Waals surface area contributed by atoms with Crippen LogP contribution in [0.3, 0.4) is 0 Å². The Labute approximate surface area is 176 Å². The van der Waals surface area contributed by atoms with Gasteiger partial charge in [-0.1, -0.05) is 29.8 Å². The molecular weight excluding hydrogens is 380 g/mol. The lowest BCUT2D eigenvalue weighted by molar-refractivity contribution is -0.128. The molecule has 1 fully saturated rings. The highest BCUT2D eigenvalue weighted by Crippen LogP contribution is 2.14. The van der Waals surface area contributed by atoms with Gasteiger partial charge in [0.1, 0.15) is 6.04 Å². The second-order valence-electron chi connectivity index (χ2n) is 7.76. The van der Waals surface area contributed by atoms with Crippen molar-refractivity contribution in [2.45, 2.75) is 45.2 Å². The topological polar surface area (TPSA) is 91.4 Å². The molecule has 1 atom stereocenters. The molecule has 30 heavy (non-hydrogen) atoms. The summed E-state index contributed by atoms with van der Waals surface area (Å²) in [5, 5.41) is 5.82. The van der Waals surface area contributed by atoms with Crippen molar-refractivity contribution in [3.05, 3.63) is 65.5 Å².